The highest BCUT2D eigenvalue weighted by molar-refractivity contribution is 7.13. The molecule has 0 radical (unpaired) electrons. The Hall–Kier alpha value is -1.95. The van der Waals surface area contributed by atoms with Crippen LogP contribution in [0.25, 0.3) is 10.8 Å². The Morgan fingerprint density at radius 3 is 2.79 bits per heavy atom. The monoisotopic (exact) mass is 408 g/mol. The summed E-state index contributed by atoms with van der Waals surface area (Å²) in [4.78, 5) is 8.44. The first-order valence-electron chi connectivity index (χ1n) is 10.7. The summed E-state index contributed by atoms with van der Waals surface area (Å²) in [6.07, 6.45) is 5.45. The van der Waals surface area contributed by atoms with Gasteiger partial charge in [-0.2, -0.15) is 0 Å². The SMILES string of the molecule is Cc1oc(-c2cccs2)nc1CN1CC[C@@](O)(c2ccccc2)[C@H]2CCCC[C@@H]21. The van der Waals surface area contributed by atoms with Crippen molar-refractivity contribution in [3.8, 4) is 10.8 Å². The van der Waals surface area contributed by atoms with Crippen LogP contribution in [0.3, 0.4) is 0 Å². The molecule has 29 heavy (non-hydrogen) atoms. The molecule has 1 N–H and O–H groups in total. The number of aryl methyl sites for hydroxylation is 1. The lowest BCUT2D eigenvalue weighted by Crippen LogP contribution is -2.57. The summed E-state index contributed by atoms with van der Waals surface area (Å²) >= 11 is 1.66. The topological polar surface area (TPSA) is 49.5 Å². The maximum atomic E-state index is 11.7. The van der Waals surface area contributed by atoms with Crippen LogP contribution in [0.15, 0.2) is 52.3 Å². The van der Waals surface area contributed by atoms with E-state index in [9.17, 15) is 5.11 Å². The first-order valence-corrected chi connectivity index (χ1v) is 11.6. The van der Waals surface area contributed by atoms with Gasteiger partial charge in [0.2, 0.25) is 5.89 Å². The minimum atomic E-state index is -0.718. The molecule has 2 aromatic heterocycles. The summed E-state index contributed by atoms with van der Waals surface area (Å²) in [5.41, 5.74) is 1.39. The van der Waals surface area contributed by atoms with Crippen LogP contribution in [-0.4, -0.2) is 27.6 Å². The second-order valence-electron chi connectivity index (χ2n) is 8.47. The maximum absolute atomic E-state index is 11.7. The lowest BCUT2D eigenvalue weighted by molar-refractivity contribution is -0.123. The molecule has 1 aliphatic carbocycles. The molecule has 1 aromatic carbocycles. The lowest BCUT2D eigenvalue weighted by Gasteiger charge is -2.52. The van der Waals surface area contributed by atoms with E-state index in [1.54, 1.807) is 11.3 Å². The molecule has 5 heteroatoms. The van der Waals surface area contributed by atoms with E-state index in [-0.39, 0.29) is 5.92 Å². The van der Waals surface area contributed by atoms with Crippen molar-refractivity contribution in [2.45, 2.75) is 57.2 Å². The largest absolute Gasteiger partial charge is 0.440 e. The molecule has 1 saturated heterocycles. The fraction of sp³-hybridized carbons (Fsp3) is 0.458. The van der Waals surface area contributed by atoms with Gasteiger partial charge in [0.1, 0.15) is 5.76 Å². The third-order valence-electron chi connectivity index (χ3n) is 6.84. The first kappa shape index (κ1) is 19.0. The Morgan fingerprint density at radius 2 is 2.00 bits per heavy atom. The maximum Gasteiger partial charge on any atom is 0.236 e. The Bertz CT molecular complexity index is 953. The average Bonchev–Trinajstić information content (AvgIpc) is 3.41. The Morgan fingerprint density at radius 1 is 1.17 bits per heavy atom. The van der Waals surface area contributed by atoms with Crippen LogP contribution in [0.1, 0.15) is 49.1 Å². The zero-order valence-electron chi connectivity index (χ0n) is 16.9. The van der Waals surface area contributed by atoms with Gasteiger partial charge in [-0.05, 0) is 43.2 Å². The highest BCUT2D eigenvalue weighted by Gasteiger charge is 2.49. The molecule has 2 aliphatic rings. The smallest absolute Gasteiger partial charge is 0.236 e. The zero-order valence-corrected chi connectivity index (χ0v) is 17.7. The zero-order chi connectivity index (χ0) is 19.8. The average molecular weight is 409 g/mol. The molecule has 3 heterocycles. The fourth-order valence-corrected chi connectivity index (χ4v) is 5.97. The predicted octanol–water partition coefficient (Wildman–Crippen LogP) is 5.36. The molecule has 1 aliphatic heterocycles. The third-order valence-corrected chi connectivity index (χ3v) is 7.70. The molecule has 2 fully saturated rings. The van der Waals surface area contributed by atoms with E-state index in [2.05, 4.69) is 28.5 Å². The Kier molecular flexibility index (Phi) is 5.06. The fourth-order valence-electron chi connectivity index (χ4n) is 5.32. The van der Waals surface area contributed by atoms with Crippen LogP contribution in [0.4, 0.5) is 0 Å². The molecule has 0 unspecified atom stereocenters. The van der Waals surface area contributed by atoms with Crippen molar-refractivity contribution in [2.75, 3.05) is 6.54 Å². The molecule has 4 nitrogen and oxygen atoms in total. The number of likely N-dealkylation sites (tertiary alicyclic amines) is 1. The number of nitrogens with zero attached hydrogens (tertiary/aromatic N) is 2. The van der Waals surface area contributed by atoms with E-state index in [0.717, 1.165) is 60.1 Å². The number of rotatable bonds is 4. The number of thiophene rings is 1. The van der Waals surface area contributed by atoms with E-state index in [4.69, 9.17) is 9.40 Å². The molecule has 5 rings (SSSR count). The van der Waals surface area contributed by atoms with Crippen LogP contribution in [0.2, 0.25) is 0 Å². The quantitative estimate of drug-likeness (QED) is 0.631. The van der Waals surface area contributed by atoms with Crippen LogP contribution in [0.5, 0.6) is 0 Å². The molecule has 1 saturated carbocycles. The summed E-state index contributed by atoms with van der Waals surface area (Å²) in [5, 5.41) is 13.8. The van der Waals surface area contributed by atoms with Crippen LogP contribution in [-0.2, 0) is 12.1 Å². The molecule has 0 spiro atoms. The second kappa shape index (κ2) is 7.71. The van der Waals surface area contributed by atoms with Crippen molar-refractivity contribution < 1.29 is 9.52 Å². The van der Waals surface area contributed by atoms with E-state index in [0.29, 0.717) is 6.04 Å². The first-order chi connectivity index (χ1) is 14.1. The molecule has 152 valence electrons. The minimum absolute atomic E-state index is 0.274. The van der Waals surface area contributed by atoms with Crippen LogP contribution < -0.4 is 0 Å². The number of aliphatic hydroxyl groups is 1. The summed E-state index contributed by atoms with van der Waals surface area (Å²) < 4.78 is 5.97. The van der Waals surface area contributed by atoms with Crippen molar-refractivity contribution >= 4 is 11.3 Å². The number of aromatic nitrogens is 1. The lowest BCUT2D eigenvalue weighted by atomic mass is 9.66. The van der Waals surface area contributed by atoms with Gasteiger partial charge in [0.25, 0.3) is 0 Å². The molecule has 0 bridgehead atoms. The molecule has 0 amide bonds. The standard InChI is InChI=1S/C24H28N2O2S/c1-17-20(25-23(28-17)22-12-7-15-29-22)16-26-14-13-24(27,18-8-3-2-4-9-18)19-10-5-6-11-21(19)26/h2-4,7-9,12,15,19,21,27H,5-6,10-11,13-14,16H2,1H3/t19-,21-,24+/m0/s1. The predicted molar refractivity (Wildman–Crippen MR) is 116 cm³/mol. The van der Waals surface area contributed by atoms with Crippen molar-refractivity contribution in [1.29, 1.82) is 0 Å². The third kappa shape index (κ3) is 3.45. The summed E-state index contributed by atoms with van der Waals surface area (Å²) in [5.74, 6) is 1.91. The summed E-state index contributed by atoms with van der Waals surface area (Å²) in [7, 11) is 0. The number of oxazole rings is 1. The van der Waals surface area contributed by atoms with Crippen molar-refractivity contribution in [3.05, 3.63) is 64.9 Å². The van der Waals surface area contributed by atoms with Crippen molar-refractivity contribution in [3.63, 3.8) is 0 Å². The van der Waals surface area contributed by atoms with Gasteiger partial charge in [0, 0.05) is 25.0 Å². The summed E-state index contributed by atoms with van der Waals surface area (Å²) in [6.45, 7) is 3.70. The Labute approximate surface area is 176 Å². The number of piperidine rings is 1. The van der Waals surface area contributed by atoms with E-state index >= 15 is 0 Å². The van der Waals surface area contributed by atoms with Gasteiger partial charge in [-0.25, -0.2) is 4.98 Å². The van der Waals surface area contributed by atoms with Gasteiger partial charge in [-0.1, -0.05) is 49.2 Å². The number of hydrogen-bond acceptors (Lipinski definition) is 5. The summed E-state index contributed by atoms with van der Waals surface area (Å²) in [6, 6.07) is 14.8. The van der Waals surface area contributed by atoms with Crippen molar-refractivity contribution in [2.24, 2.45) is 5.92 Å². The van der Waals surface area contributed by atoms with Crippen molar-refractivity contribution in [1.82, 2.24) is 9.88 Å². The number of hydrogen-bond donors (Lipinski definition) is 1. The van der Waals surface area contributed by atoms with Gasteiger partial charge in [0.15, 0.2) is 0 Å². The van der Waals surface area contributed by atoms with E-state index < -0.39 is 5.60 Å². The molecular formula is C24H28N2O2S. The van der Waals surface area contributed by atoms with Gasteiger partial charge >= 0.3 is 0 Å². The molecular weight excluding hydrogens is 380 g/mol. The highest BCUT2D eigenvalue weighted by Crippen LogP contribution is 2.47. The van der Waals surface area contributed by atoms with Gasteiger partial charge in [-0.15, -0.1) is 11.3 Å². The normalized spacial score (nSPS) is 27.7. The van der Waals surface area contributed by atoms with Crippen LogP contribution in [0, 0.1) is 12.8 Å². The molecule has 3 atom stereocenters. The van der Waals surface area contributed by atoms with Gasteiger partial charge < -0.3 is 9.52 Å². The van der Waals surface area contributed by atoms with Gasteiger partial charge in [-0.3, -0.25) is 4.90 Å². The van der Waals surface area contributed by atoms with E-state index in [1.165, 1.54) is 12.8 Å². The van der Waals surface area contributed by atoms with E-state index in [1.807, 2.05) is 31.2 Å². The minimum Gasteiger partial charge on any atom is -0.440 e. The second-order valence-corrected chi connectivity index (χ2v) is 9.42. The van der Waals surface area contributed by atoms with Crippen LogP contribution >= 0.6 is 11.3 Å². The number of benzene rings is 1. The van der Waals surface area contributed by atoms with Gasteiger partial charge in [0.05, 0.1) is 16.2 Å². The number of fused-ring (bicyclic) bond motifs is 1. The molecule has 3 aromatic rings. The Balaban J connectivity index is 1.40. The highest BCUT2D eigenvalue weighted by atomic mass is 32.1.